The molecule has 2 aromatic carbocycles. The Hall–Kier alpha value is -3.97. The van der Waals surface area contributed by atoms with E-state index < -0.39 is 39.6 Å². The van der Waals surface area contributed by atoms with Gasteiger partial charge in [-0.05, 0) is 48.5 Å². The van der Waals surface area contributed by atoms with Crippen molar-refractivity contribution in [1.29, 1.82) is 5.26 Å². The summed E-state index contributed by atoms with van der Waals surface area (Å²) < 4.78 is 63.4. The number of nitrogens with one attached hydrogen (secondary N) is 1. The Morgan fingerprint density at radius 1 is 1.13 bits per heavy atom. The second-order valence-electron chi connectivity index (χ2n) is 7.75. The zero-order chi connectivity index (χ0) is 28.3. The normalized spacial score (nSPS) is 12.0. The molecule has 9 nitrogen and oxygen atoms in total. The highest BCUT2D eigenvalue weighted by Crippen LogP contribution is 2.35. The number of aromatic amines is 1. The van der Waals surface area contributed by atoms with E-state index in [-0.39, 0.29) is 33.3 Å². The first-order valence-electron chi connectivity index (χ1n) is 10.6. The SMILES string of the molecule is N#Cc1cc(Cl)cc(Oc2c(C(F)(F)F)ncn(Cc3cc(-c4ccc(OC(F)I)cc4)n[nH]c3=O)c2=O)c1. The fourth-order valence-corrected chi connectivity index (χ4v) is 3.90. The van der Waals surface area contributed by atoms with Gasteiger partial charge < -0.3 is 9.47 Å². The summed E-state index contributed by atoms with van der Waals surface area (Å²) in [6.45, 7) is -0.482. The van der Waals surface area contributed by atoms with Crippen LogP contribution in [0.1, 0.15) is 16.8 Å². The van der Waals surface area contributed by atoms with E-state index in [0.717, 1.165) is 16.7 Å². The Kier molecular flexibility index (Phi) is 8.21. The van der Waals surface area contributed by atoms with Crippen molar-refractivity contribution >= 4 is 34.2 Å². The quantitative estimate of drug-likeness (QED) is 0.157. The first kappa shape index (κ1) is 28.0. The van der Waals surface area contributed by atoms with Gasteiger partial charge in [-0.15, -0.1) is 0 Å². The largest absolute Gasteiger partial charge is 0.452 e. The van der Waals surface area contributed by atoms with Crippen molar-refractivity contribution in [2.75, 3.05) is 0 Å². The lowest BCUT2D eigenvalue weighted by Crippen LogP contribution is -2.28. The molecule has 0 amide bonds. The third-order valence-electron chi connectivity index (χ3n) is 5.08. The second-order valence-corrected chi connectivity index (χ2v) is 9.17. The number of aromatic nitrogens is 4. The highest BCUT2D eigenvalue weighted by Gasteiger charge is 2.39. The topological polar surface area (TPSA) is 123 Å². The first-order chi connectivity index (χ1) is 18.4. The fraction of sp³-hybridized carbons (Fsp3) is 0.125. The predicted octanol–water partition coefficient (Wildman–Crippen LogP) is 5.44. The van der Waals surface area contributed by atoms with Crippen LogP contribution in [0.4, 0.5) is 17.6 Å². The molecule has 0 aliphatic carbocycles. The molecule has 0 bridgehead atoms. The van der Waals surface area contributed by atoms with Crippen LogP contribution in [-0.4, -0.2) is 24.1 Å². The van der Waals surface area contributed by atoms with Crippen molar-refractivity contribution < 1.29 is 27.0 Å². The maximum absolute atomic E-state index is 13.7. The van der Waals surface area contributed by atoms with Crippen LogP contribution in [0.3, 0.4) is 0 Å². The predicted molar refractivity (Wildman–Crippen MR) is 139 cm³/mol. The molecule has 15 heteroatoms. The Labute approximate surface area is 234 Å². The molecule has 0 radical (unpaired) electrons. The van der Waals surface area contributed by atoms with E-state index in [4.69, 9.17) is 26.3 Å². The number of nitriles is 1. The number of nitrogens with zero attached hydrogens (tertiary/aromatic N) is 4. The molecule has 0 fully saturated rings. The van der Waals surface area contributed by atoms with E-state index >= 15 is 0 Å². The lowest BCUT2D eigenvalue weighted by Gasteiger charge is -2.15. The van der Waals surface area contributed by atoms with Gasteiger partial charge in [0.2, 0.25) is 5.75 Å². The average Bonchev–Trinajstić information content (AvgIpc) is 2.86. The number of alkyl halides is 5. The van der Waals surface area contributed by atoms with Crippen molar-refractivity contribution in [3.05, 3.63) is 97.4 Å². The molecule has 1 atom stereocenters. The van der Waals surface area contributed by atoms with Crippen LogP contribution < -0.4 is 20.6 Å². The van der Waals surface area contributed by atoms with Crippen molar-refractivity contribution in [2.24, 2.45) is 0 Å². The van der Waals surface area contributed by atoms with Gasteiger partial charge in [0.25, 0.3) is 15.5 Å². The number of hydrogen-bond donors (Lipinski definition) is 1. The van der Waals surface area contributed by atoms with E-state index in [1.54, 1.807) is 18.2 Å². The van der Waals surface area contributed by atoms with Crippen LogP contribution in [0.15, 0.2) is 64.4 Å². The molecule has 0 spiro atoms. The number of halogens is 6. The van der Waals surface area contributed by atoms with Gasteiger partial charge in [-0.25, -0.2) is 10.1 Å². The minimum atomic E-state index is -5.05. The van der Waals surface area contributed by atoms with Crippen LogP contribution in [0.25, 0.3) is 11.3 Å². The number of H-pyrrole nitrogens is 1. The lowest BCUT2D eigenvalue weighted by atomic mass is 10.1. The zero-order valence-electron chi connectivity index (χ0n) is 19.2. The average molecular weight is 674 g/mol. The summed E-state index contributed by atoms with van der Waals surface area (Å²) >= 11 is 7.34. The molecule has 0 saturated carbocycles. The minimum Gasteiger partial charge on any atom is -0.452 e. The van der Waals surface area contributed by atoms with Gasteiger partial charge in [-0.2, -0.15) is 27.9 Å². The standard InChI is InChI=1S/C24H13ClF4IN5O4/c25-15-5-12(9-31)6-17(8-15)38-19-20(24(27,28)29)32-11-35(22(19)37)10-14-7-18(33-34-21(14)36)13-1-3-16(4-2-13)39-23(26)30/h1-8,11,23H,10H2,(H,34,36). The van der Waals surface area contributed by atoms with E-state index in [2.05, 4.69) is 15.2 Å². The Bertz CT molecular complexity index is 1680. The highest BCUT2D eigenvalue weighted by atomic mass is 127. The number of ether oxygens (including phenoxy) is 2. The monoisotopic (exact) mass is 673 g/mol. The molecule has 2 aromatic heterocycles. The van der Waals surface area contributed by atoms with Crippen molar-refractivity contribution in [3.63, 3.8) is 0 Å². The number of rotatable bonds is 7. The molecular formula is C24H13ClF4IN5O4. The molecule has 0 aliphatic heterocycles. The summed E-state index contributed by atoms with van der Waals surface area (Å²) in [5.74, 6) is -1.21. The summed E-state index contributed by atoms with van der Waals surface area (Å²) in [5, 5.41) is 15.3. The fourth-order valence-electron chi connectivity index (χ4n) is 3.38. The molecule has 4 aromatic rings. The van der Waals surface area contributed by atoms with Gasteiger partial charge in [0.15, 0.2) is 5.69 Å². The van der Waals surface area contributed by atoms with E-state index in [0.29, 0.717) is 11.9 Å². The van der Waals surface area contributed by atoms with Gasteiger partial charge >= 0.3 is 6.18 Å². The smallest absolute Gasteiger partial charge is 0.437 e. The summed E-state index contributed by atoms with van der Waals surface area (Å²) in [4.78, 5) is 28.9. The van der Waals surface area contributed by atoms with E-state index in [1.165, 1.54) is 46.9 Å². The summed E-state index contributed by atoms with van der Waals surface area (Å²) in [5.41, 5.74) is -2.82. The van der Waals surface area contributed by atoms with E-state index in [9.17, 15) is 27.2 Å². The van der Waals surface area contributed by atoms with Crippen LogP contribution in [0.5, 0.6) is 17.2 Å². The molecular weight excluding hydrogens is 661 g/mol. The number of benzene rings is 2. The Balaban J connectivity index is 1.72. The molecule has 200 valence electrons. The van der Waals surface area contributed by atoms with Crippen LogP contribution in [0.2, 0.25) is 5.02 Å². The molecule has 0 aliphatic rings. The van der Waals surface area contributed by atoms with Gasteiger partial charge in [0, 0.05) is 38.7 Å². The van der Waals surface area contributed by atoms with Gasteiger partial charge in [-0.3, -0.25) is 14.2 Å². The molecule has 1 N–H and O–H groups in total. The zero-order valence-corrected chi connectivity index (χ0v) is 22.1. The third-order valence-corrected chi connectivity index (χ3v) is 5.55. The van der Waals surface area contributed by atoms with Gasteiger partial charge in [-0.1, -0.05) is 11.6 Å². The van der Waals surface area contributed by atoms with Gasteiger partial charge in [0.05, 0.1) is 30.2 Å². The van der Waals surface area contributed by atoms with Crippen LogP contribution in [-0.2, 0) is 12.7 Å². The maximum Gasteiger partial charge on any atom is 0.437 e. The van der Waals surface area contributed by atoms with Crippen molar-refractivity contribution in [3.8, 4) is 34.6 Å². The second kappa shape index (κ2) is 11.4. The Morgan fingerprint density at radius 2 is 1.85 bits per heavy atom. The van der Waals surface area contributed by atoms with E-state index in [1.807, 2.05) is 0 Å². The van der Waals surface area contributed by atoms with Gasteiger partial charge in [0.1, 0.15) is 11.5 Å². The third kappa shape index (κ3) is 6.73. The Morgan fingerprint density at radius 3 is 2.49 bits per heavy atom. The molecule has 39 heavy (non-hydrogen) atoms. The number of hydrogen-bond acceptors (Lipinski definition) is 7. The molecule has 2 heterocycles. The van der Waals surface area contributed by atoms with Crippen LogP contribution >= 0.6 is 34.2 Å². The minimum absolute atomic E-state index is 0.00363. The first-order valence-corrected chi connectivity index (χ1v) is 12.3. The molecule has 4 rings (SSSR count). The maximum atomic E-state index is 13.7. The highest BCUT2D eigenvalue weighted by molar-refractivity contribution is 14.1. The molecule has 0 saturated heterocycles. The van der Waals surface area contributed by atoms with Crippen LogP contribution in [0, 0.1) is 11.3 Å². The molecule has 1 unspecified atom stereocenters. The van der Waals surface area contributed by atoms with Crippen molar-refractivity contribution in [1.82, 2.24) is 19.7 Å². The lowest BCUT2D eigenvalue weighted by molar-refractivity contribution is -0.142. The summed E-state index contributed by atoms with van der Waals surface area (Å²) in [7, 11) is 0. The summed E-state index contributed by atoms with van der Waals surface area (Å²) in [6, 6.07) is 12.7. The summed E-state index contributed by atoms with van der Waals surface area (Å²) in [6.07, 6.45) is -4.42. The van der Waals surface area contributed by atoms with Crippen molar-refractivity contribution in [2.45, 2.75) is 17.1 Å².